The Morgan fingerprint density at radius 3 is 2.60 bits per heavy atom. The minimum Gasteiger partial charge on any atom is -0.207 e. The molecule has 3 nitrogen and oxygen atoms in total. The average molecular weight is 399 g/mol. The molecule has 1 aromatic carbocycles. The molecule has 0 spiro atoms. The lowest BCUT2D eigenvalue weighted by molar-refractivity contribution is 0.462. The van der Waals surface area contributed by atoms with Crippen molar-refractivity contribution in [2.75, 3.05) is 7.05 Å². The quantitative estimate of drug-likeness (QED) is 0.777. The highest BCUT2D eigenvalue weighted by Crippen LogP contribution is 2.26. The Morgan fingerprint density at radius 2 is 2.05 bits per heavy atom. The van der Waals surface area contributed by atoms with Gasteiger partial charge in [0.05, 0.1) is 4.34 Å². The maximum absolute atomic E-state index is 13.8. The van der Waals surface area contributed by atoms with E-state index in [-0.39, 0.29) is 11.4 Å². The number of benzene rings is 1. The summed E-state index contributed by atoms with van der Waals surface area (Å²) in [5, 5.41) is 0. The minimum absolute atomic E-state index is 0.148. The van der Waals surface area contributed by atoms with Crippen molar-refractivity contribution in [3.8, 4) is 0 Å². The summed E-state index contributed by atoms with van der Waals surface area (Å²) in [5.74, 6) is -0.782. The zero-order valence-corrected chi connectivity index (χ0v) is 14.3. The third-order valence-electron chi connectivity index (χ3n) is 2.59. The van der Waals surface area contributed by atoms with E-state index in [9.17, 15) is 12.8 Å². The Hall–Kier alpha value is -0.470. The third kappa shape index (κ3) is 3.40. The molecule has 0 aliphatic heterocycles. The Kier molecular flexibility index (Phi) is 4.86. The van der Waals surface area contributed by atoms with E-state index in [0.29, 0.717) is 8.81 Å². The Balaban J connectivity index is 2.29. The van der Waals surface area contributed by atoms with Crippen molar-refractivity contribution in [3.63, 3.8) is 0 Å². The second-order valence-electron chi connectivity index (χ2n) is 4.04. The molecular weight excluding hydrogens is 389 g/mol. The van der Waals surface area contributed by atoms with Crippen LogP contribution in [0.3, 0.4) is 0 Å². The van der Waals surface area contributed by atoms with Crippen LogP contribution in [0, 0.1) is 5.82 Å². The van der Waals surface area contributed by atoms with E-state index in [0.717, 1.165) is 15.2 Å². The Bertz CT molecular complexity index is 733. The molecule has 0 unspecified atom stereocenters. The minimum atomic E-state index is -3.87. The van der Waals surface area contributed by atoms with Crippen molar-refractivity contribution in [1.29, 1.82) is 0 Å². The number of rotatable bonds is 4. The van der Waals surface area contributed by atoms with Gasteiger partial charge >= 0.3 is 0 Å². The van der Waals surface area contributed by atoms with Crippen molar-refractivity contribution in [2.24, 2.45) is 0 Å². The van der Waals surface area contributed by atoms with E-state index in [2.05, 4.69) is 15.9 Å². The molecule has 0 aliphatic rings. The molecule has 0 amide bonds. The van der Waals surface area contributed by atoms with E-state index < -0.39 is 15.8 Å². The van der Waals surface area contributed by atoms with Gasteiger partial charge in [-0.15, -0.1) is 11.3 Å². The first-order valence-electron chi connectivity index (χ1n) is 5.46. The first-order valence-corrected chi connectivity index (χ1v) is 8.89. The molecule has 108 valence electrons. The molecule has 2 rings (SSSR count). The molecule has 0 bridgehead atoms. The number of hydrogen-bond acceptors (Lipinski definition) is 3. The molecule has 20 heavy (non-hydrogen) atoms. The van der Waals surface area contributed by atoms with Crippen molar-refractivity contribution in [3.05, 3.63) is 49.8 Å². The molecular formula is C12H10BrClFNO2S2. The monoisotopic (exact) mass is 397 g/mol. The van der Waals surface area contributed by atoms with Gasteiger partial charge in [0.2, 0.25) is 10.0 Å². The van der Waals surface area contributed by atoms with Crippen LogP contribution in [-0.2, 0) is 16.6 Å². The SMILES string of the molecule is CN(Cc1ccc(Cl)s1)S(=O)(=O)c1ccc(Br)cc1F. The van der Waals surface area contributed by atoms with E-state index in [4.69, 9.17) is 11.6 Å². The highest BCUT2D eigenvalue weighted by Gasteiger charge is 2.25. The van der Waals surface area contributed by atoms with E-state index in [1.807, 2.05) is 0 Å². The van der Waals surface area contributed by atoms with Gasteiger partial charge in [0, 0.05) is 22.9 Å². The molecule has 0 saturated heterocycles. The zero-order chi connectivity index (χ0) is 14.9. The van der Waals surface area contributed by atoms with Gasteiger partial charge in [0.25, 0.3) is 0 Å². The fourth-order valence-electron chi connectivity index (χ4n) is 1.59. The van der Waals surface area contributed by atoms with Crippen LogP contribution in [0.25, 0.3) is 0 Å². The number of thiophene rings is 1. The van der Waals surface area contributed by atoms with Crippen LogP contribution in [0.15, 0.2) is 39.7 Å². The fourth-order valence-corrected chi connectivity index (χ4v) is 4.34. The fraction of sp³-hybridized carbons (Fsp3) is 0.167. The topological polar surface area (TPSA) is 37.4 Å². The summed E-state index contributed by atoms with van der Waals surface area (Å²) < 4.78 is 40.6. The van der Waals surface area contributed by atoms with Crippen LogP contribution in [0.2, 0.25) is 4.34 Å². The lowest BCUT2D eigenvalue weighted by Gasteiger charge is -2.16. The smallest absolute Gasteiger partial charge is 0.207 e. The largest absolute Gasteiger partial charge is 0.246 e. The van der Waals surface area contributed by atoms with Crippen LogP contribution in [0.5, 0.6) is 0 Å². The van der Waals surface area contributed by atoms with Crippen LogP contribution in [0.4, 0.5) is 4.39 Å². The number of sulfonamides is 1. The molecule has 2 aromatic rings. The van der Waals surface area contributed by atoms with Gasteiger partial charge < -0.3 is 0 Å². The molecule has 0 atom stereocenters. The lowest BCUT2D eigenvalue weighted by Crippen LogP contribution is -2.26. The number of hydrogen-bond donors (Lipinski definition) is 0. The molecule has 0 saturated carbocycles. The summed E-state index contributed by atoms with van der Waals surface area (Å²) in [6, 6.07) is 7.31. The Labute approximate surface area is 134 Å². The molecule has 1 aromatic heterocycles. The summed E-state index contributed by atoms with van der Waals surface area (Å²) in [6.07, 6.45) is 0. The van der Waals surface area contributed by atoms with Gasteiger partial charge in [0.15, 0.2) is 0 Å². The van der Waals surface area contributed by atoms with Crippen LogP contribution in [-0.4, -0.2) is 19.8 Å². The summed E-state index contributed by atoms with van der Waals surface area (Å²) >= 11 is 10.2. The van der Waals surface area contributed by atoms with Crippen molar-refractivity contribution >= 4 is 48.9 Å². The first-order chi connectivity index (χ1) is 9.30. The maximum Gasteiger partial charge on any atom is 0.246 e. The summed E-state index contributed by atoms with van der Waals surface area (Å²) in [5.41, 5.74) is 0. The normalized spacial score (nSPS) is 12.1. The standard InChI is InChI=1S/C12H10BrClFNO2S2/c1-16(7-9-3-5-12(14)19-9)20(17,18)11-4-2-8(13)6-10(11)15/h2-6H,7H2,1H3. The van der Waals surface area contributed by atoms with Gasteiger partial charge in [0.1, 0.15) is 10.7 Å². The van der Waals surface area contributed by atoms with Crippen molar-refractivity contribution in [1.82, 2.24) is 4.31 Å². The maximum atomic E-state index is 13.8. The predicted octanol–water partition coefficient (Wildman–Crippen LogP) is 4.12. The number of nitrogens with zero attached hydrogens (tertiary/aromatic N) is 1. The molecule has 0 radical (unpaired) electrons. The van der Waals surface area contributed by atoms with E-state index in [1.165, 1.54) is 30.5 Å². The van der Waals surface area contributed by atoms with Gasteiger partial charge in [-0.25, -0.2) is 12.8 Å². The number of halogens is 3. The van der Waals surface area contributed by atoms with E-state index >= 15 is 0 Å². The molecule has 1 heterocycles. The van der Waals surface area contributed by atoms with Crippen LogP contribution < -0.4 is 0 Å². The molecule has 0 fully saturated rings. The average Bonchev–Trinajstić information content (AvgIpc) is 2.74. The second-order valence-corrected chi connectivity index (χ2v) is 8.77. The zero-order valence-electron chi connectivity index (χ0n) is 10.3. The highest BCUT2D eigenvalue weighted by molar-refractivity contribution is 9.10. The predicted molar refractivity (Wildman–Crippen MR) is 82.1 cm³/mol. The molecule has 8 heteroatoms. The van der Waals surface area contributed by atoms with Crippen molar-refractivity contribution in [2.45, 2.75) is 11.4 Å². The van der Waals surface area contributed by atoms with Crippen LogP contribution >= 0.6 is 38.9 Å². The highest BCUT2D eigenvalue weighted by atomic mass is 79.9. The first kappa shape index (κ1) is 15.9. The molecule has 0 N–H and O–H groups in total. The van der Waals surface area contributed by atoms with Gasteiger partial charge in [-0.05, 0) is 30.3 Å². The van der Waals surface area contributed by atoms with E-state index in [1.54, 1.807) is 12.1 Å². The van der Waals surface area contributed by atoms with Gasteiger partial charge in [-0.2, -0.15) is 4.31 Å². The van der Waals surface area contributed by atoms with Crippen LogP contribution in [0.1, 0.15) is 4.88 Å². The summed E-state index contributed by atoms with van der Waals surface area (Å²) in [7, 11) is -2.47. The summed E-state index contributed by atoms with van der Waals surface area (Å²) in [4.78, 5) is 0.449. The molecule has 0 aliphatic carbocycles. The Morgan fingerprint density at radius 1 is 1.35 bits per heavy atom. The lowest BCUT2D eigenvalue weighted by atomic mass is 10.3. The van der Waals surface area contributed by atoms with Crippen molar-refractivity contribution < 1.29 is 12.8 Å². The van der Waals surface area contributed by atoms with Gasteiger partial charge in [-0.3, -0.25) is 0 Å². The second kappa shape index (κ2) is 6.11. The van der Waals surface area contributed by atoms with Gasteiger partial charge in [-0.1, -0.05) is 27.5 Å². The summed E-state index contributed by atoms with van der Waals surface area (Å²) in [6.45, 7) is 0.148. The third-order valence-corrected chi connectivity index (χ3v) is 6.14.